The zero-order chi connectivity index (χ0) is 20.7. The topological polar surface area (TPSA) is 74.9 Å². The Balaban J connectivity index is 1.99. The molecule has 6 nitrogen and oxygen atoms in total. The molecule has 2 aromatic carbocycles. The maximum atomic E-state index is 14.8. The standard InChI is InChI=1S/C21H19FN4O2S/c1-25-12-19(18-9-15(24-29(3)28)5-7-20(18)22)17-8-13(4-6-16(17)21(25)27)14-10-23-26(2)11-14/h4-12,24H,1-3H3. The first-order valence-electron chi connectivity index (χ1n) is 8.86. The van der Waals surface area contributed by atoms with Crippen LogP contribution in [0, 0.1) is 5.82 Å². The van der Waals surface area contributed by atoms with Crippen molar-refractivity contribution < 1.29 is 8.94 Å². The van der Waals surface area contributed by atoms with Crippen LogP contribution in [0.15, 0.2) is 59.8 Å². The van der Waals surface area contributed by atoms with Crippen molar-refractivity contribution in [1.82, 2.24) is 14.3 Å². The van der Waals surface area contributed by atoms with Gasteiger partial charge >= 0.3 is 0 Å². The van der Waals surface area contributed by atoms with Crippen molar-refractivity contribution in [2.24, 2.45) is 14.1 Å². The lowest BCUT2D eigenvalue weighted by Gasteiger charge is -2.13. The third-order valence-electron chi connectivity index (χ3n) is 4.74. The van der Waals surface area contributed by atoms with Gasteiger partial charge < -0.3 is 9.12 Å². The van der Waals surface area contributed by atoms with Crippen LogP contribution in [0.25, 0.3) is 33.0 Å². The first kappa shape index (κ1) is 19.2. The van der Waals surface area contributed by atoms with E-state index in [1.165, 1.54) is 23.0 Å². The molecule has 0 bridgehead atoms. The van der Waals surface area contributed by atoms with E-state index in [4.69, 9.17) is 0 Å². The summed E-state index contributed by atoms with van der Waals surface area (Å²) in [6.45, 7) is 0. The maximum absolute atomic E-state index is 14.8. The smallest absolute Gasteiger partial charge is 0.258 e. The molecule has 29 heavy (non-hydrogen) atoms. The number of nitrogens with zero attached hydrogens (tertiary/aromatic N) is 3. The highest BCUT2D eigenvalue weighted by Gasteiger charge is 2.15. The monoisotopic (exact) mass is 410 g/mol. The number of benzene rings is 2. The van der Waals surface area contributed by atoms with Crippen LogP contribution in [-0.2, 0) is 25.5 Å². The molecule has 1 unspecified atom stereocenters. The molecule has 8 heteroatoms. The third kappa shape index (κ3) is 3.64. The number of halogens is 1. The summed E-state index contributed by atoms with van der Waals surface area (Å²) in [5, 5.41) is 5.33. The molecule has 1 atom stereocenters. The predicted octanol–water partition coefficient (Wildman–Crippen LogP) is 3.45. The van der Waals surface area contributed by atoms with Crippen molar-refractivity contribution >= 4 is 27.8 Å². The number of rotatable bonds is 4. The van der Waals surface area contributed by atoms with Gasteiger partial charge in [-0.05, 0) is 41.3 Å². The molecular weight excluding hydrogens is 391 g/mol. The van der Waals surface area contributed by atoms with Crippen molar-refractivity contribution in [1.29, 1.82) is 0 Å². The molecule has 2 heterocycles. The van der Waals surface area contributed by atoms with Gasteiger partial charge in [-0.2, -0.15) is 5.10 Å². The summed E-state index contributed by atoms with van der Waals surface area (Å²) in [6, 6.07) is 9.95. The van der Waals surface area contributed by atoms with Crippen LogP contribution in [-0.4, -0.2) is 25.2 Å². The summed E-state index contributed by atoms with van der Waals surface area (Å²) in [5.41, 5.74) is 3.06. The molecule has 0 amide bonds. The Hall–Kier alpha value is -3.10. The van der Waals surface area contributed by atoms with Gasteiger partial charge in [-0.25, -0.2) is 9.11 Å². The largest absolute Gasteiger partial charge is 0.593 e. The minimum atomic E-state index is -1.29. The molecule has 4 rings (SSSR count). The molecule has 0 aliphatic carbocycles. The molecule has 0 saturated carbocycles. The van der Waals surface area contributed by atoms with Crippen molar-refractivity contribution in [2.45, 2.75) is 0 Å². The maximum Gasteiger partial charge on any atom is 0.258 e. The lowest BCUT2D eigenvalue weighted by atomic mass is 9.97. The number of pyridine rings is 1. The Morgan fingerprint density at radius 1 is 1.03 bits per heavy atom. The van der Waals surface area contributed by atoms with E-state index in [9.17, 15) is 13.7 Å². The van der Waals surface area contributed by atoms with E-state index in [0.717, 1.165) is 11.1 Å². The lowest BCUT2D eigenvalue weighted by molar-refractivity contribution is 0.605. The van der Waals surface area contributed by atoms with Gasteiger partial charge in [0.05, 0.1) is 23.2 Å². The first-order chi connectivity index (χ1) is 13.8. The number of anilines is 1. The lowest BCUT2D eigenvalue weighted by Crippen LogP contribution is -2.16. The molecule has 0 fully saturated rings. The van der Waals surface area contributed by atoms with E-state index >= 15 is 0 Å². The van der Waals surface area contributed by atoms with Crippen LogP contribution in [0.3, 0.4) is 0 Å². The highest BCUT2D eigenvalue weighted by molar-refractivity contribution is 7.92. The molecular formula is C21H19FN4O2S. The fraction of sp³-hybridized carbons (Fsp3) is 0.143. The predicted molar refractivity (Wildman–Crippen MR) is 114 cm³/mol. The highest BCUT2D eigenvalue weighted by atomic mass is 32.2. The summed E-state index contributed by atoms with van der Waals surface area (Å²) in [6.07, 6.45) is 6.75. The van der Waals surface area contributed by atoms with E-state index in [0.29, 0.717) is 27.6 Å². The molecule has 1 N–H and O–H groups in total. The SMILES string of the molecule is Cn1cc(-c2ccc3c(=O)n(C)cc(-c4cc(N[S+](C)[O-])ccc4F)c3c2)cn1. The van der Waals surface area contributed by atoms with Gasteiger partial charge in [0.25, 0.3) is 5.56 Å². The number of fused-ring (bicyclic) bond motifs is 1. The number of aryl methyl sites for hydroxylation is 2. The van der Waals surface area contributed by atoms with Gasteiger partial charge in [-0.3, -0.25) is 9.48 Å². The fourth-order valence-corrected chi connectivity index (χ4v) is 3.85. The summed E-state index contributed by atoms with van der Waals surface area (Å²) >= 11 is -1.29. The Labute approximate surface area is 169 Å². The van der Waals surface area contributed by atoms with Crippen molar-refractivity contribution in [3.8, 4) is 22.3 Å². The molecule has 0 aliphatic heterocycles. The number of hydrogen-bond donors (Lipinski definition) is 1. The quantitative estimate of drug-likeness (QED) is 0.523. The molecule has 148 valence electrons. The molecule has 0 radical (unpaired) electrons. The van der Waals surface area contributed by atoms with E-state index in [-0.39, 0.29) is 5.56 Å². The Kier molecular flexibility index (Phi) is 4.89. The van der Waals surface area contributed by atoms with E-state index in [1.54, 1.807) is 36.3 Å². The zero-order valence-corrected chi connectivity index (χ0v) is 17.0. The van der Waals surface area contributed by atoms with Crippen molar-refractivity contribution in [2.75, 3.05) is 11.0 Å². The average Bonchev–Trinajstić information content (AvgIpc) is 3.12. The second kappa shape index (κ2) is 7.38. The molecule has 2 aromatic heterocycles. The van der Waals surface area contributed by atoms with Crippen LogP contribution in [0.4, 0.5) is 10.1 Å². The summed E-state index contributed by atoms with van der Waals surface area (Å²) in [5.74, 6) is -0.427. The van der Waals surface area contributed by atoms with Crippen molar-refractivity contribution in [3.63, 3.8) is 0 Å². The fourth-order valence-electron chi connectivity index (χ4n) is 3.39. The van der Waals surface area contributed by atoms with E-state index < -0.39 is 17.2 Å². The van der Waals surface area contributed by atoms with Gasteiger partial charge in [0.2, 0.25) is 0 Å². The average molecular weight is 410 g/mol. The van der Waals surface area contributed by atoms with Crippen LogP contribution in [0.2, 0.25) is 0 Å². The molecule has 0 spiro atoms. The van der Waals surface area contributed by atoms with Gasteiger partial charge in [0.1, 0.15) is 12.1 Å². The first-order valence-corrected chi connectivity index (χ1v) is 10.4. The van der Waals surface area contributed by atoms with Crippen LogP contribution < -0.4 is 10.3 Å². The van der Waals surface area contributed by atoms with E-state index in [2.05, 4.69) is 9.82 Å². The number of hydrogen-bond acceptors (Lipinski definition) is 4. The second-order valence-electron chi connectivity index (χ2n) is 6.87. The minimum Gasteiger partial charge on any atom is -0.593 e. The normalized spacial score (nSPS) is 12.3. The third-order valence-corrected chi connectivity index (χ3v) is 5.26. The van der Waals surface area contributed by atoms with Crippen LogP contribution in [0.5, 0.6) is 0 Å². The van der Waals surface area contributed by atoms with Gasteiger partial charge in [-0.15, -0.1) is 0 Å². The Bertz CT molecular complexity index is 1280. The van der Waals surface area contributed by atoms with Gasteiger partial charge in [-0.1, -0.05) is 6.07 Å². The Morgan fingerprint density at radius 2 is 1.83 bits per heavy atom. The van der Waals surface area contributed by atoms with Gasteiger partial charge in [0, 0.05) is 48.6 Å². The Morgan fingerprint density at radius 3 is 2.52 bits per heavy atom. The van der Waals surface area contributed by atoms with Crippen molar-refractivity contribution in [3.05, 3.63) is 71.2 Å². The zero-order valence-electron chi connectivity index (χ0n) is 16.1. The molecule has 0 saturated heterocycles. The second-order valence-corrected chi connectivity index (χ2v) is 7.99. The molecule has 4 aromatic rings. The van der Waals surface area contributed by atoms with Gasteiger partial charge in [0.15, 0.2) is 0 Å². The summed E-state index contributed by atoms with van der Waals surface area (Å²) < 4.78 is 32.2. The van der Waals surface area contributed by atoms with E-state index in [1.807, 2.05) is 25.4 Å². The minimum absolute atomic E-state index is 0.161. The van der Waals surface area contributed by atoms with Crippen LogP contribution >= 0.6 is 0 Å². The number of nitrogens with one attached hydrogen (secondary N) is 1. The highest BCUT2D eigenvalue weighted by Crippen LogP contribution is 2.33. The number of aromatic nitrogens is 3. The molecule has 0 aliphatic rings. The summed E-state index contributed by atoms with van der Waals surface area (Å²) in [7, 11) is 3.47. The summed E-state index contributed by atoms with van der Waals surface area (Å²) in [4.78, 5) is 12.7. The van der Waals surface area contributed by atoms with Crippen LogP contribution in [0.1, 0.15) is 0 Å².